The normalized spacial score (nSPS) is 23.1. The highest BCUT2D eigenvalue weighted by Crippen LogP contribution is 2.23. The zero-order chi connectivity index (χ0) is 23.1. The smallest absolute Gasteiger partial charge is 0.246 e. The minimum Gasteiger partial charge on any atom is -0.396 e. The van der Waals surface area contributed by atoms with Gasteiger partial charge in [-0.2, -0.15) is 0 Å². The van der Waals surface area contributed by atoms with Crippen LogP contribution in [0.2, 0.25) is 10.0 Å². The minimum absolute atomic E-state index is 0.0230. The number of hydrogen-bond donors (Lipinski definition) is 2. The first-order chi connectivity index (χ1) is 15.4. The molecule has 32 heavy (non-hydrogen) atoms. The van der Waals surface area contributed by atoms with Crippen molar-refractivity contribution < 1.29 is 19.8 Å². The van der Waals surface area contributed by atoms with Crippen molar-refractivity contribution in [2.24, 2.45) is 5.92 Å². The van der Waals surface area contributed by atoms with Crippen molar-refractivity contribution >= 4 is 41.1 Å². The average molecular weight is 484 g/mol. The maximum atomic E-state index is 12.6. The fourth-order valence-corrected chi connectivity index (χ4v) is 4.47. The summed E-state index contributed by atoms with van der Waals surface area (Å²) in [6.45, 7) is 4.29. The van der Waals surface area contributed by atoms with E-state index in [1.165, 1.54) is 6.08 Å². The fraction of sp³-hybridized carbons (Fsp3) is 0.565. The van der Waals surface area contributed by atoms with Crippen LogP contribution in [0.15, 0.2) is 24.3 Å². The number of aliphatic hydroxyl groups is 2. The van der Waals surface area contributed by atoms with Crippen molar-refractivity contribution in [2.75, 3.05) is 52.4 Å². The third-order valence-corrected chi connectivity index (χ3v) is 6.94. The van der Waals surface area contributed by atoms with Crippen LogP contribution in [-0.4, -0.2) is 95.3 Å². The SMILES string of the molecule is O=C(/C=C/c1ccc(Cl)c(Cl)c1)N1CCC(=O)N(CCCN2CC[C@@H](CO)[C@@H](O)C2)CC1. The second-order valence-electron chi connectivity index (χ2n) is 8.42. The average Bonchev–Trinajstić information content (AvgIpc) is 2.96. The van der Waals surface area contributed by atoms with Gasteiger partial charge in [0.25, 0.3) is 0 Å². The fourth-order valence-electron chi connectivity index (χ4n) is 4.16. The molecule has 2 fully saturated rings. The van der Waals surface area contributed by atoms with Crippen LogP contribution < -0.4 is 0 Å². The van der Waals surface area contributed by atoms with Gasteiger partial charge in [-0.15, -0.1) is 0 Å². The molecule has 2 aliphatic heterocycles. The monoisotopic (exact) mass is 483 g/mol. The van der Waals surface area contributed by atoms with E-state index in [1.54, 1.807) is 29.2 Å². The summed E-state index contributed by atoms with van der Waals surface area (Å²) < 4.78 is 0. The Morgan fingerprint density at radius 2 is 1.94 bits per heavy atom. The van der Waals surface area contributed by atoms with E-state index in [4.69, 9.17) is 23.2 Å². The first kappa shape index (κ1) is 25.0. The predicted molar refractivity (Wildman–Crippen MR) is 126 cm³/mol. The first-order valence-corrected chi connectivity index (χ1v) is 11.8. The molecule has 3 rings (SSSR count). The molecule has 9 heteroatoms. The van der Waals surface area contributed by atoms with E-state index in [1.807, 2.05) is 4.90 Å². The summed E-state index contributed by atoms with van der Waals surface area (Å²) in [5.74, 6) is -0.105. The Morgan fingerprint density at radius 3 is 2.66 bits per heavy atom. The lowest BCUT2D eigenvalue weighted by Gasteiger charge is -2.35. The lowest BCUT2D eigenvalue weighted by Crippen LogP contribution is -2.46. The minimum atomic E-state index is -0.495. The Labute approximate surface area is 199 Å². The molecule has 2 aliphatic rings. The van der Waals surface area contributed by atoms with Gasteiger partial charge in [-0.05, 0) is 49.7 Å². The predicted octanol–water partition coefficient (Wildman–Crippen LogP) is 2.13. The Hall–Kier alpha value is -1.64. The number of aliphatic hydroxyl groups excluding tert-OH is 2. The van der Waals surface area contributed by atoms with Gasteiger partial charge in [0, 0.05) is 57.7 Å². The molecule has 2 saturated heterocycles. The van der Waals surface area contributed by atoms with Crippen molar-refractivity contribution in [2.45, 2.75) is 25.4 Å². The quantitative estimate of drug-likeness (QED) is 0.580. The van der Waals surface area contributed by atoms with Crippen molar-refractivity contribution in [3.63, 3.8) is 0 Å². The molecule has 2 heterocycles. The van der Waals surface area contributed by atoms with Crippen molar-refractivity contribution in [1.29, 1.82) is 0 Å². The Bertz CT molecular complexity index is 835. The number of likely N-dealkylation sites (tertiary alicyclic amines) is 1. The molecule has 0 bridgehead atoms. The van der Waals surface area contributed by atoms with Crippen LogP contribution in [0.25, 0.3) is 6.08 Å². The third-order valence-electron chi connectivity index (χ3n) is 6.20. The number of hydrogen-bond acceptors (Lipinski definition) is 5. The molecule has 0 spiro atoms. The van der Waals surface area contributed by atoms with Crippen LogP contribution in [0.3, 0.4) is 0 Å². The van der Waals surface area contributed by atoms with E-state index in [-0.39, 0.29) is 24.3 Å². The topological polar surface area (TPSA) is 84.3 Å². The van der Waals surface area contributed by atoms with Gasteiger partial charge in [0.1, 0.15) is 0 Å². The van der Waals surface area contributed by atoms with Crippen LogP contribution in [-0.2, 0) is 9.59 Å². The Kier molecular flexibility index (Phi) is 9.37. The van der Waals surface area contributed by atoms with E-state index in [0.717, 1.165) is 31.5 Å². The van der Waals surface area contributed by atoms with Crippen LogP contribution >= 0.6 is 23.2 Å². The molecule has 7 nitrogen and oxygen atoms in total. The lowest BCUT2D eigenvalue weighted by molar-refractivity contribution is -0.130. The number of piperidine rings is 1. The van der Waals surface area contributed by atoms with Crippen molar-refractivity contribution in [3.05, 3.63) is 39.9 Å². The highest BCUT2D eigenvalue weighted by Gasteiger charge is 2.27. The summed E-state index contributed by atoms with van der Waals surface area (Å²) >= 11 is 11.9. The highest BCUT2D eigenvalue weighted by molar-refractivity contribution is 6.42. The van der Waals surface area contributed by atoms with Gasteiger partial charge in [0.15, 0.2) is 0 Å². The summed E-state index contributed by atoms with van der Waals surface area (Å²) in [6.07, 6.45) is 4.61. The van der Waals surface area contributed by atoms with Crippen LogP contribution in [0.4, 0.5) is 0 Å². The summed E-state index contributed by atoms with van der Waals surface area (Å²) in [5, 5.41) is 20.2. The molecule has 0 aromatic heterocycles. The lowest BCUT2D eigenvalue weighted by atomic mass is 9.95. The van der Waals surface area contributed by atoms with Gasteiger partial charge < -0.3 is 24.9 Å². The zero-order valence-corrected chi connectivity index (χ0v) is 19.6. The van der Waals surface area contributed by atoms with E-state index in [9.17, 15) is 19.8 Å². The number of benzene rings is 1. The van der Waals surface area contributed by atoms with Crippen molar-refractivity contribution in [1.82, 2.24) is 14.7 Å². The van der Waals surface area contributed by atoms with Gasteiger partial charge in [-0.25, -0.2) is 0 Å². The Morgan fingerprint density at radius 1 is 1.12 bits per heavy atom. The summed E-state index contributed by atoms with van der Waals surface area (Å²) in [4.78, 5) is 30.8. The molecule has 2 atom stereocenters. The maximum Gasteiger partial charge on any atom is 0.246 e. The number of amides is 2. The van der Waals surface area contributed by atoms with E-state index in [0.29, 0.717) is 49.2 Å². The molecule has 1 aromatic carbocycles. The molecule has 2 amide bonds. The first-order valence-electron chi connectivity index (χ1n) is 11.1. The number of halogens is 2. The second-order valence-corrected chi connectivity index (χ2v) is 9.23. The summed E-state index contributed by atoms with van der Waals surface area (Å²) in [7, 11) is 0. The van der Waals surface area contributed by atoms with E-state index < -0.39 is 6.10 Å². The van der Waals surface area contributed by atoms with E-state index >= 15 is 0 Å². The zero-order valence-electron chi connectivity index (χ0n) is 18.1. The molecule has 176 valence electrons. The van der Waals surface area contributed by atoms with Crippen LogP contribution in [0.5, 0.6) is 0 Å². The van der Waals surface area contributed by atoms with Gasteiger partial charge in [0.05, 0.1) is 16.1 Å². The largest absolute Gasteiger partial charge is 0.396 e. The number of nitrogens with zero attached hydrogens (tertiary/aromatic N) is 3. The number of carbonyl (C=O) groups is 2. The van der Waals surface area contributed by atoms with Gasteiger partial charge in [-0.3, -0.25) is 9.59 Å². The van der Waals surface area contributed by atoms with E-state index in [2.05, 4.69) is 4.90 Å². The third kappa shape index (κ3) is 6.93. The number of rotatable bonds is 7. The second kappa shape index (κ2) is 12.0. The van der Waals surface area contributed by atoms with Gasteiger partial charge in [0.2, 0.25) is 11.8 Å². The van der Waals surface area contributed by atoms with Gasteiger partial charge in [-0.1, -0.05) is 29.3 Å². The number of β-amino-alcohol motifs (C(OH)–C–C–N with tert-alkyl or cyclic N) is 1. The molecule has 0 aliphatic carbocycles. The van der Waals surface area contributed by atoms with Gasteiger partial charge >= 0.3 is 0 Å². The molecule has 0 radical (unpaired) electrons. The summed E-state index contributed by atoms with van der Waals surface area (Å²) in [6, 6.07) is 5.18. The molecule has 2 N–H and O–H groups in total. The number of carbonyl (C=O) groups excluding carboxylic acids is 2. The maximum absolute atomic E-state index is 12.6. The summed E-state index contributed by atoms with van der Waals surface area (Å²) in [5.41, 5.74) is 0.786. The molecule has 1 aromatic rings. The van der Waals surface area contributed by atoms with Crippen molar-refractivity contribution in [3.8, 4) is 0 Å². The molecule has 0 saturated carbocycles. The molecular weight excluding hydrogens is 453 g/mol. The van der Waals surface area contributed by atoms with Crippen LogP contribution in [0.1, 0.15) is 24.8 Å². The standard InChI is InChI=1S/C23H31Cl2N3O4/c24-19-4-2-17(14-20(19)25)3-5-22(31)28-11-7-23(32)27(12-13-28)9-1-8-26-10-6-18(16-29)21(30)15-26/h2-5,14,18,21,29-30H,1,6-13,15-16H2/b5-3+/t18-,21-/m0/s1. The molecular formula is C23H31Cl2N3O4. The highest BCUT2D eigenvalue weighted by atomic mass is 35.5. The van der Waals surface area contributed by atoms with Crippen LogP contribution in [0, 0.1) is 5.92 Å². The molecule has 0 unspecified atom stereocenters. The Balaban J connectivity index is 1.44.